The van der Waals surface area contributed by atoms with Crippen molar-refractivity contribution in [2.75, 3.05) is 47.3 Å². The van der Waals surface area contributed by atoms with Crippen LogP contribution in [-0.4, -0.2) is 74.2 Å². The van der Waals surface area contributed by atoms with Crippen molar-refractivity contribution in [1.29, 1.82) is 0 Å². The Balaban J connectivity index is 0.00000324. The molecule has 1 N–H and O–H groups in total. The molecular formula is C14H31IN4. The Labute approximate surface area is 136 Å². The fourth-order valence-corrected chi connectivity index (χ4v) is 2.11. The highest BCUT2D eigenvalue weighted by Crippen LogP contribution is 1.99. The Kier molecular flexibility index (Phi) is 9.23. The van der Waals surface area contributed by atoms with E-state index in [0.29, 0.717) is 12.2 Å². The average molecular weight is 382 g/mol. The summed E-state index contributed by atoms with van der Waals surface area (Å²) in [6.45, 7) is 11.4. The predicted molar refractivity (Wildman–Crippen MR) is 77.5 cm³/mol. The van der Waals surface area contributed by atoms with E-state index in [2.05, 4.69) is 69.0 Å². The quantitative estimate of drug-likeness (QED) is 0.470. The number of nitrogens with zero attached hydrogens (tertiary/aromatic N) is 3. The first kappa shape index (κ1) is 19.1. The van der Waals surface area contributed by atoms with E-state index in [1.807, 2.05) is 0 Å². The van der Waals surface area contributed by atoms with Gasteiger partial charge in [0, 0.05) is 32.6 Å². The van der Waals surface area contributed by atoms with Crippen LogP contribution >= 0.6 is 0 Å². The summed E-state index contributed by atoms with van der Waals surface area (Å²) in [4.78, 5) is 8.67. The summed E-state index contributed by atoms with van der Waals surface area (Å²) in [6, 6.07) is 0.635. The fraction of sp³-hybridized carbons (Fsp3) is 0.857. The van der Waals surface area contributed by atoms with Crippen LogP contribution in [0.1, 0.15) is 20.8 Å². The number of hydrogen-bond donors (Lipinski definition) is 1. The van der Waals surface area contributed by atoms with E-state index in [9.17, 15) is 0 Å². The van der Waals surface area contributed by atoms with Gasteiger partial charge in [-0.1, -0.05) is 0 Å². The Hall–Kier alpha value is 0.150. The molecule has 2 atom stereocenters. The van der Waals surface area contributed by atoms with E-state index < -0.39 is 0 Å². The second-order valence-electron chi connectivity index (χ2n) is 5.93. The summed E-state index contributed by atoms with van der Waals surface area (Å²) in [5, 5.41) is 0. The van der Waals surface area contributed by atoms with Gasteiger partial charge in [-0.25, -0.2) is 0 Å². The molecule has 19 heavy (non-hydrogen) atoms. The zero-order chi connectivity index (χ0) is 13.7. The van der Waals surface area contributed by atoms with Crippen molar-refractivity contribution in [3.05, 3.63) is 12.4 Å². The molecule has 0 aromatic heterocycles. The van der Waals surface area contributed by atoms with E-state index in [1.54, 1.807) is 4.90 Å². The molecule has 0 fully saturated rings. The third-order valence-electron chi connectivity index (χ3n) is 3.95. The maximum Gasteiger partial charge on any atom is 0.164 e. The molecule has 2 unspecified atom stereocenters. The fourth-order valence-electron chi connectivity index (χ4n) is 2.11. The smallest absolute Gasteiger partial charge is 0.164 e. The summed E-state index contributed by atoms with van der Waals surface area (Å²) in [5.41, 5.74) is 0. The van der Waals surface area contributed by atoms with Gasteiger partial charge in [-0.15, -0.1) is 0 Å². The van der Waals surface area contributed by atoms with Gasteiger partial charge < -0.3 is 33.8 Å². The lowest BCUT2D eigenvalue weighted by Crippen LogP contribution is -3.11. The molecule has 0 aromatic carbocycles. The van der Waals surface area contributed by atoms with Gasteiger partial charge >= 0.3 is 0 Å². The van der Waals surface area contributed by atoms with Gasteiger partial charge in [0.15, 0.2) is 6.17 Å². The van der Waals surface area contributed by atoms with Crippen molar-refractivity contribution in [2.45, 2.75) is 33.0 Å². The lowest BCUT2D eigenvalue weighted by Gasteiger charge is -2.28. The number of rotatable bonds is 7. The van der Waals surface area contributed by atoms with Crippen molar-refractivity contribution in [1.82, 2.24) is 14.7 Å². The summed E-state index contributed by atoms with van der Waals surface area (Å²) in [6.07, 6.45) is 5.15. The predicted octanol–water partition coefficient (Wildman–Crippen LogP) is -3.09. The molecule has 4 nitrogen and oxygen atoms in total. The van der Waals surface area contributed by atoms with Crippen LogP contribution in [0.5, 0.6) is 0 Å². The highest BCUT2D eigenvalue weighted by atomic mass is 127. The van der Waals surface area contributed by atoms with Gasteiger partial charge in [-0.2, -0.15) is 0 Å². The van der Waals surface area contributed by atoms with Crippen molar-refractivity contribution >= 4 is 0 Å². The van der Waals surface area contributed by atoms with E-state index in [1.165, 1.54) is 6.54 Å². The Morgan fingerprint density at radius 1 is 1.21 bits per heavy atom. The van der Waals surface area contributed by atoms with Crippen LogP contribution in [0.25, 0.3) is 0 Å². The molecule has 1 aliphatic heterocycles. The number of halogens is 1. The van der Waals surface area contributed by atoms with Crippen LogP contribution in [0.4, 0.5) is 0 Å². The van der Waals surface area contributed by atoms with Crippen LogP contribution in [0.2, 0.25) is 0 Å². The number of quaternary nitrogens is 1. The standard InChI is InChI=1S/C14H30N4.HI/c1-13(2)16(6)8-10-18-12-11-17(14(18)3)9-7-15(4)5;/h11-14H,7-10H2,1-6H3;1H. The minimum absolute atomic E-state index is 0. The van der Waals surface area contributed by atoms with Crippen LogP contribution in [0.15, 0.2) is 12.4 Å². The van der Waals surface area contributed by atoms with Crippen LogP contribution < -0.4 is 28.9 Å². The van der Waals surface area contributed by atoms with Gasteiger partial charge in [0.25, 0.3) is 0 Å². The summed E-state index contributed by atoms with van der Waals surface area (Å²) in [5.74, 6) is 0. The zero-order valence-electron chi connectivity index (χ0n) is 13.4. The first-order valence-electron chi connectivity index (χ1n) is 7.06. The lowest BCUT2D eigenvalue weighted by molar-refractivity contribution is -0.875. The topological polar surface area (TPSA) is 14.2 Å². The van der Waals surface area contributed by atoms with Crippen molar-refractivity contribution < 1.29 is 28.9 Å². The summed E-state index contributed by atoms with van der Waals surface area (Å²) < 4.78 is 0. The van der Waals surface area contributed by atoms with Crippen LogP contribution in [0, 0.1) is 0 Å². The van der Waals surface area contributed by atoms with Crippen molar-refractivity contribution in [2.24, 2.45) is 0 Å². The molecule has 5 heteroatoms. The molecule has 0 aliphatic carbocycles. The molecule has 1 heterocycles. The molecular weight excluding hydrogens is 351 g/mol. The Morgan fingerprint density at radius 2 is 1.84 bits per heavy atom. The maximum atomic E-state index is 2.45. The molecule has 0 saturated carbocycles. The molecule has 114 valence electrons. The van der Waals surface area contributed by atoms with E-state index in [4.69, 9.17) is 0 Å². The summed E-state index contributed by atoms with van der Waals surface area (Å²) in [7, 11) is 6.47. The molecule has 1 rings (SSSR count). The average Bonchev–Trinajstić information content (AvgIpc) is 2.64. The summed E-state index contributed by atoms with van der Waals surface area (Å²) >= 11 is 0. The highest BCUT2D eigenvalue weighted by molar-refractivity contribution is 4.83. The van der Waals surface area contributed by atoms with Gasteiger partial charge in [0.1, 0.15) is 6.20 Å². The lowest BCUT2D eigenvalue weighted by atomic mass is 10.3. The molecule has 0 saturated heterocycles. The van der Waals surface area contributed by atoms with Crippen molar-refractivity contribution in [3.8, 4) is 0 Å². The SMILES string of the molecule is CC(C)N(C)CC[NH+]1C=CN(CCN(C)C)C1C.[I-]. The molecule has 0 spiro atoms. The number of hydrogen-bond acceptors (Lipinski definition) is 3. The normalized spacial score (nSPS) is 22.7. The molecule has 0 radical (unpaired) electrons. The van der Waals surface area contributed by atoms with Crippen LogP contribution in [-0.2, 0) is 0 Å². The van der Waals surface area contributed by atoms with Gasteiger partial charge in [0.05, 0.1) is 12.7 Å². The molecule has 0 bridgehead atoms. The number of nitrogens with one attached hydrogen (secondary N) is 1. The third kappa shape index (κ3) is 6.42. The molecule has 0 aromatic rings. The Bertz CT molecular complexity index is 268. The zero-order valence-corrected chi connectivity index (χ0v) is 15.5. The van der Waals surface area contributed by atoms with E-state index in [-0.39, 0.29) is 24.0 Å². The largest absolute Gasteiger partial charge is 1.00 e. The minimum Gasteiger partial charge on any atom is -1.00 e. The van der Waals surface area contributed by atoms with E-state index >= 15 is 0 Å². The number of likely N-dealkylation sites (N-methyl/N-ethyl adjacent to an activating group) is 2. The minimum atomic E-state index is 0. The first-order chi connectivity index (χ1) is 8.41. The monoisotopic (exact) mass is 382 g/mol. The maximum absolute atomic E-state index is 2.45. The van der Waals surface area contributed by atoms with Gasteiger partial charge in [-0.05, 0) is 35.0 Å². The van der Waals surface area contributed by atoms with Crippen LogP contribution in [0.3, 0.4) is 0 Å². The van der Waals surface area contributed by atoms with Crippen molar-refractivity contribution in [3.63, 3.8) is 0 Å². The van der Waals surface area contributed by atoms with E-state index in [0.717, 1.165) is 19.6 Å². The highest BCUT2D eigenvalue weighted by Gasteiger charge is 2.26. The third-order valence-corrected chi connectivity index (χ3v) is 3.95. The van der Waals surface area contributed by atoms with Gasteiger partial charge in [-0.3, -0.25) is 9.80 Å². The second-order valence-corrected chi connectivity index (χ2v) is 5.93. The Morgan fingerprint density at radius 3 is 2.37 bits per heavy atom. The first-order valence-corrected chi connectivity index (χ1v) is 7.06. The molecule has 0 amide bonds. The second kappa shape index (κ2) is 9.15. The van der Waals surface area contributed by atoms with Gasteiger partial charge in [0.2, 0.25) is 0 Å². The molecule has 1 aliphatic rings.